The van der Waals surface area contributed by atoms with Crippen molar-refractivity contribution < 1.29 is 9.90 Å². The molecule has 9 nitrogen and oxygen atoms in total. The Morgan fingerprint density at radius 2 is 2.00 bits per heavy atom. The first-order valence-corrected chi connectivity index (χ1v) is 10.4. The number of aromatic hydroxyl groups is 1. The molecule has 1 amide bonds. The van der Waals surface area contributed by atoms with Gasteiger partial charge in [-0.05, 0) is 58.7 Å². The molecule has 31 heavy (non-hydrogen) atoms. The smallest absolute Gasteiger partial charge is 0.239 e. The highest BCUT2D eigenvalue weighted by Crippen LogP contribution is 2.28. The van der Waals surface area contributed by atoms with Gasteiger partial charge in [0.2, 0.25) is 11.9 Å². The Morgan fingerprint density at radius 1 is 1.19 bits per heavy atom. The van der Waals surface area contributed by atoms with Crippen LogP contribution >= 0.6 is 15.9 Å². The van der Waals surface area contributed by atoms with Crippen LogP contribution in [0.15, 0.2) is 46.9 Å². The predicted molar refractivity (Wildman–Crippen MR) is 119 cm³/mol. The Labute approximate surface area is 185 Å². The number of halogens is 1. The second-order valence-corrected chi connectivity index (χ2v) is 7.61. The van der Waals surface area contributed by atoms with Crippen LogP contribution in [0, 0.1) is 11.3 Å². The second-order valence-electron chi connectivity index (χ2n) is 6.75. The van der Waals surface area contributed by atoms with Gasteiger partial charge >= 0.3 is 0 Å². The van der Waals surface area contributed by atoms with Crippen LogP contribution in [0.2, 0.25) is 0 Å². The molecule has 4 rings (SSSR count). The number of phenols is 1. The fraction of sp³-hybridized carbons (Fsp3) is 0.190. The van der Waals surface area contributed by atoms with Crippen LogP contribution in [-0.4, -0.2) is 43.7 Å². The Morgan fingerprint density at radius 3 is 2.77 bits per heavy atom. The molecule has 0 spiro atoms. The summed E-state index contributed by atoms with van der Waals surface area (Å²) in [5.74, 6) is 0.795. The van der Waals surface area contributed by atoms with E-state index >= 15 is 0 Å². The first-order chi connectivity index (χ1) is 15.1. The van der Waals surface area contributed by atoms with Crippen LogP contribution in [0.3, 0.4) is 0 Å². The average molecular weight is 480 g/mol. The molecule has 0 aliphatic carbocycles. The summed E-state index contributed by atoms with van der Waals surface area (Å²) < 4.78 is 2.37. The summed E-state index contributed by atoms with van der Waals surface area (Å²) in [7, 11) is 0. The first-order valence-electron chi connectivity index (χ1n) is 9.59. The van der Waals surface area contributed by atoms with Gasteiger partial charge in [0.05, 0.1) is 18.1 Å². The third-order valence-electron chi connectivity index (χ3n) is 4.57. The van der Waals surface area contributed by atoms with E-state index in [1.807, 2.05) is 24.3 Å². The standard InChI is InChI=1S/C21H18BrN7O2/c22-16-5-3-4-15-18(16)26-21(25-12-17(31)24-11-2-1-10-23)29-20(15)27-19(28-29)13-6-8-14(30)9-7-13/h3-9,30H,1-2,11-12H2,(H,24,31)(H,25,26). The number of carbonyl (C=O) groups excluding carboxylic acids is 1. The van der Waals surface area contributed by atoms with Crippen molar-refractivity contribution in [2.24, 2.45) is 0 Å². The van der Waals surface area contributed by atoms with E-state index in [-0.39, 0.29) is 18.2 Å². The number of carbonyl (C=O) groups is 1. The number of benzene rings is 2. The van der Waals surface area contributed by atoms with Crippen LogP contribution < -0.4 is 10.6 Å². The zero-order chi connectivity index (χ0) is 21.8. The number of nitrogens with zero attached hydrogens (tertiary/aromatic N) is 5. The van der Waals surface area contributed by atoms with Crippen molar-refractivity contribution >= 4 is 44.3 Å². The number of anilines is 1. The molecule has 0 aliphatic rings. The van der Waals surface area contributed by atoms with Crippen LogP contribution in [0.5, 0.6) is 5.75 Å². The van der Waals surface area contributed by atoms with Crippen molar-refractivity contribution in [2.45, 2.75) is 12.8 Å². The van der Waals surface area contributed by atoms with E-state index in [1.165, 1.54) is 0 Å². The molecule has 2 heterocycles. The monoisotopic (exact) mass is 479 g/mol. The molecule has 4 aromatic rings. The molecule has 0 saturated carbocycles. The minimum absolute atomic E-state index is 0.000977. The van der Waals surface area contributed by atoms with Crippen LogP contribution in [-0.2, 0) is 4.79 Å². The Kier molecular flexibility index (Phi) is 5.95. The maximum Gasteiger partial charge on any atom is 0.239 e. The molecule has 0 atom stereocenters. The molecule has 10 heteroatoms. The molecule has 0 saturated heterocycles. The van der Waals surface area contributed by atoms with E-state index in [4.69, 9.17) is 5.26 Å². The van der Waals surface area contributed by atoms with E-state index in [0.29, 0.717) is 42.3 Å². The van der Waals surface area contributed by atoms with E-state index in [1.54, 1.807) is 28.8 Å². The topological polar surface area (TPSA) is 128 Å². The molecule has 0 unspecified atom stereocenters. The number of hydrogen-bond donors (Lipinski definition) is 3. The molecule has 2 aromatic carbocycles. The molecule has 0 fully saturated rings. The molecule has 156 valence electrons. The van der Waals surface area contributed by atoms with Crippen molar-refractivity contribution in [1.82, 2.24) is 24.9 Å². The third kappa shape index (κ3) is 4.41. The largest absolute Gasteiger partial charge is 0.508 e. The number of rotatable bonds is 7. The SMILES string of the molecule is N#CCCCNC(=O)CNc1nc2c(Br)cccc2c2nc(-c3ccc(O)cc3)nn12. The number of aromatic nitrogens is 4. The fourth-order valence-corrected chi connectivity index (χ4v) is 3.52. The molecule has 0 bridgehead atoms. The maximum atomic E-state index is 12.1. The van der Waals surface area contributed by atoms with Gasteiger partial charge in [-0.3, -0.25) is 4.79 Å². The van der Waals surface area contributed by atoms with E-state index in [2.05, 4.69) is 41.6 Å². The quantitative estimate of drug-likeness (QED) is 0.347. The van der Waals surface area contributed by atoms with Crippen molar-refractivity contribution in [1.29, 1.82) is 5.26 Å². The van der Waals surface area contributed by atoms with Gasteiger partial charge in [0, 0.05) is 28.4 Å². The lowest BCUT2D eigenvalue weighted by Crippen LogP contribution is -2.31. The van der Waals surface area contributed by atoms with Gasteiger partial charge in [-0.25, -0.2) is 9.97 Å². The Bertz CT molecular complexity index is 1300. The van der Waals surface area contributed by atoms with Gasteiger partial charge in [0.1, 0.15) is 5.75 Å². The van der Waals surface area contributed by atoms with Crippen molar-refractivity contribution in [2.75, 3.05) is 18.4 Å². The van der Waals surface area contributed by atoms with Crippen molar-refractivity contribution in [3.8, 4) is 23.2 Å². The number of para-hydroxylation sites is 1. The number of fused-ring (bicyclic) bond motifs is 3. The highest BCUT2D eigenvalue weighted by Gasteiger charge is 2.16. The normalized spacial score (nSPS) is 10.8. The number of hydrogen-bond acceptors (Lipinski definition) is 7. The maximum absolute atomic E-state index is 12.1. The number of unbranched alkanes of at least 4 members (excludes halogenated alkanes) is 1. The van der Waals surface area contributed by atoms with E-state index < -0.39 is 0 Å². The highest BCUT2D eigenvalue weighted by atomic mass is 79.9. The third-order valence-corrected chi connectivity index (χ3v) is 5.21. The minimum Gasteiger partial charge on any atom is -0.508 e. The van der Waals surface area contributed by atoms with Crippen molar-refractivity contribution in [3.63, 3.8) is 0 Å². The van der Waals surface area contributed by atoms with Gasteiger partial charge in [-0.2, -0.15) is 9.78 Å². The Hall–Kier alpha value is -3.71. The van der Waals surface area contributed by atoms with Gasteiger partial charge in [-0.15, -0.1) is 5.10 Å². The van der Waals surface area contributed by atoms with Gasteiger partial charge < -0.3 is 15.7 Å². The summed E-state index contributed by atoms with van der Waals surface area (Å²) in [6.45, 7) is 0.438. The molecule has 0 aliphatic heterocycles. The first kappa shape index (κ1) is 20.6. The van der Waals surface area contributed by atoms with E-state index in [0.717, 1.165) is 15.4 Å². The van der Waals surface area contributed by atoms with Crippen LogP contribution in [0.4, 0.5) is 5.95 Å². The summed E-state index contributed by atoms with van der Waals surface area (Å²) in [5.41, 5.74) is 2.02. The van der Waals surface area contributed by atoms with Gasteiger partial charge in [0.25, 0.3) is 0 Å². The molecule has 0 radical (unpaired) electrons. The molecular weight excluding hydrogens is 462 g/mol. The highest BCUT2D eigenvalue weighted by molar-refractivity contribution is 9.10. The average Bonchev–Trinajstić information content (AvgIpc) is 3.22. The summed E-state index contributed by atoms with van der Waals surface area (Å²) in [5, 5.41) is 29.3. The molecular formula is C21H18BrN7O2. The zero-order valence-electron chi connectivity index (χ0n) is 16.3. The van der Waals surface area contributed by atoms with Gasteiger partial charge in [-0.1, -0.05) is 6.07 Å². The number of nitriles is 1. The summed E-state index contributed by atoms with van der Waals surface area (Å²) in [6, 6.07) is 14.3. The zero-order valence-corrected chi connectivity index (χ0v) is 17.9. The summed E-state index contributed by atoms with van der Waals surface area (Å²) in [6.07, 6.45) is 1.00. The summed E-state index contributed by atoms with van der Waals surface area (Å²) >= 11 is 3.52. The van der Waals surface area contributed by atoms with Gasteiger partial charge in [0.15, 0.2) is 11.5 Å². The molecule has 2 aromatic heterocycles. The van der Waals surface area contributed by atoms with Crippen molar-refractivity contribution in [3.05, 3.63) is 46.9 Å². The number of phenolic OH excluding ortho intramolecular Hbond substituents is 1. The predicted octanol–water partition coefficient (Wildman–Crippen LogP) is 3.24. The fourth-order valence-electron chi connectivity index (χ4n) is 3.06. The molecule has 3 N–H and O–H groups in total. The van der Waals surface area contributed by atoms with E-state index in [9.17, 15) is 9.90 Å². The number of nitrogens with one attached hydrogen (secondary N) is 2. The lowest BCUT2D eigenvalue weighted by molar-refractivity contribution is -0.119. The number of amides is 1. The second kappa shape index (κ2) is 8.97. The lowest BCUT2D eigenvalue weighted by Gasteiger charge is -2.10. The Balaban J connectivity index is 1.69. The van der Waals surface area contributed by atoms with Crippen LogP contribution in [0.25, 0.3) is 27.9 Å². The lowest BCUT2D eigenvalue weighted by atomic mass is 10.2. The minimum atomic E-state index is -0.209. The summed E-state index contributed by atoms with van der Waals surface area (Å²) in [4.78, 5) is 21.5. The van der Waals surface area contributed by atoms with Crippen LogP contribution in [0.1, 0.15) is 12.8 Å².